The normalized spacial score (nSPS) is 12.0. The molecule has 0 N–H and O–H groups in total. The molecule has 92 valence electrons. The van der Waals surface area contributed by atoms with Gasteiger partial charge in [0.15, 0.2) is 0 Å². The molecule has 1 aromatic rings. The molecule has 6 heteroatoms. The average Bonchev–Trinajstić information content (AvgIpc) is 2.28. The predicted octanol–water partition coefficient (Wildman–Crippen LogP) is 2.40. The van der Waals surface area contributed by atoms with Crippen molar-refractivity contribution in [3.05, 3.63) is 23.5 Å². The molecule has 1 rings (SSSR count). The third kappa shape index (κ3) is 4.05. The van der Waals surface area contributed by atoms with Gasteiger partial charge in [0.2, 0.25) is 10.2 Å². The number of ether oxygens (including phenoxy) is 1. The van der Waals surface area contributed by atoms with Gasteiger partial charge in [0.05, 0.1) is 6.10 Å². The van der Waals surface area contributed by atoms with E-state index in [-0.39, 0.29) is 17.5 Å². The first-order chi connectivity index (χ1) is 7.93. The van der Waals surface area contributed by atoms with Crippen molar-refractivity contribution in [3.8, 4) is 5.75 Å². The van der Waals surface area contributed by atoms with Gasteiger partial charge >= 0.3 is 0 Å². The Kier molecular flexibility index (Phi) is 5.02. The van der Waals surface area contributed by atoms with Gasteiger partial charge < -0.3 is 4.74 Å². The molecule has 0 aliphatic rings. The van der Waals surface area contributed by atoms with Crippen molar-refractivity contribution in [1.82, 2.24) is 4.98 Å². The lowest BCUT2D eigenvalue weighted by molar-refractivity contribution is 0.108. The Labute approximate surface area is 111 Å². The second kappa shape index (κ2) is 6.07. The highest BCUT2D eigenvalue weighted by Gasteiger charge is 2.12. The number of aromatic nitrogens is 1. The van der Waals surface area contributed by atoms with E-state index in [4.69, 9.17) is 4.74 Å². The minimum Gasteiger partial charge on any atom is -0.491 e. The lowest BCUT2D eigenvalue weighted by atomic mass is 10.2. The van der Waals surface area contributed by atoms with Gasteiger partial charge in [-0.05, 0) is 13.3 Å². The number of hydrogen-bond donors (Lipinski definition) is 2. The number of carbonyl (C=O) groups excluding carboxylic acids is 2. The SMILES string of the molecule is CC[C@@H](C)Oc1cc(C(=O)S)nc(C(=O)S)c1. The zero-order valence-electron chi connectivity index (χ0n) is 9.51. The van der Waals surface area contributed by atoms with E-state index in [2.05, 4.69) is 30.2 Å². The molecule has 1 atom stereocenters. The summed E-state index contributed by atoms with van der Waals surface area (Å²) in [6.07, 6.45) is 0.805. The van der Waals surface area contributed by atoms with E-state index in [1.807, 2.05) is 13.8 Å². The van der Waals surface area contributed by atoms with Crippen molar-refractivity contribution in [3.63, 3.8) is 0 Å². The molecule has 1 heterocycles. The summed E-state index contributed by atoms with van der Waals surface area (Å²) in [7, 11) is 0. The molecule has 0 aliphatic heterocycles. The van der Waals surface area contributed by atoms with Crippen LogP contribution < -0.4 is 4.74 Å². The number of pyridine rings is 1. The highest BCUT2D eigenvalue weighted by Crippen LogP contribution is 2.18. The molecule has 0 unspecified atom stereocenters. The Hall–Kier alpha value is -1.01. The van der Waals surface area contributed by atoms with Crippen molar-refractivity contribution < 1.29 is 14.3 Å². The second-order valence-electron chi connectivity index (χ2n) is 3.52. The van der Waals surface area contributed by atoms with Crippen LogP contribution in [-0.4, -0.2) is 21.3 Å². The van der Waals surface area contributed by atoms with Crippen molar-refractivity contribution in [1.29, 1.82) is 0 Å². The highest BCUT2D eigenvalue weighted by molar-refractivity contribution is 7.97. The number of carbonyl (C=O) groups is 2. The zero-order chi connectivity index (χ0) is 13.0. The van der Waals surface area contributed by atoms with Gasteiger partial charge in [-0.15, -0.1) is 0 Å². The fourth-order valence-corrected chi connectivity index (χ4v) is 1.34. The summed E-state index contributed by atoms with van der Waals surface area (Å²) in [6, 6.07) is 2.92. The number of hydrogen-bond acceptors (Lipinski definition) is 4. The lowest BCUT2D eigenvalue weighted by Gasteiger charge is -2.13. The first kappa shape index (κ1) is 14.1. The summed E-state index contributed by atoms with van der Waals surface area (Å²) in [5.41, 5.74) is 0.151. The van der Waals surface area contributed by atoms with Crippen LogP contribution in [0.4, 0.5) is 0 Å². The van der Waals surface area contributed by atoms with Crippen molar-refractivity contribution in [2.24, 2.45) is 0 Å². The number of rotatable bonds is 5. The Morgan fingerprint density at radius 2 is 1.76 bits per heavy atom. The van der Waals surface area contributed by atoms with Crippen molar-refractivity contribution >= 4 is 35.5 Å². The highest BCUT2D eigenvalue weighted by atomic mass is 32.1. The van der Waals surface area contributed by atoms with Crippen LogP contribution in [0.25, 0.3) is 0 Å². The molecule has 0 amide bonds. The van der Waals surface area contributed by atoms with Crippen LogP contribution in [0.3, 0.4) is 0 Å². The minimum absolute atomic E-state index is 0.0110. The Bertz CT molecular complexity index is 416. The quantitative estimate of drug-likeness (QED) is 0.807. The first-order valence-corrected chi connectivity index (χ1v) is 5.98. The van der Waals surface area contributed by atoms with Crippen LogP contribution in [0, 0.1) is 0 Å². The van der Waals surface area contributed by atoms with Crippen LogP contribution in [-0.2, 0) is 0 Å². The zero-order valence-corrected chi connectivity index (χ0v) is 11.3. The van der Waals surface area contributed by atoms with Crippen LogP contribution >= 0.6 is 25.3 Å². The summed E-state index contributed by atoms with van der Waals surface area (Å²) >= 11 is 7.34. The summed E-state index contributed by atoms with van der Waals surface area (Å²) < 4.78 is 5.53. The molecule has 0 aromatic carbocycles. The van der Waals surface area contributed by atoms with Crippen LogP contribution in [0.15, 0.2) is 12.1 Å². The molecule has 0 saturated heterocycles. The fourth-order valence-electron chi connectivity index (χ4n) is 1.11. The molecule has 0 bridgehead atoms. The van der Waals surface area contributed by atoms with Crippen LogP contribution in [0.2, 0.25) is 0 Å². The molecule has 4 nitrogen and oxygen atoms in total. The molecule has 0 radical (unpaired) electrons. The van der Waals surface area contributed by atoms with E-state index >= 15 is 0 Å². The lowest BCUT2D eigenvalue weighted by Crippen LogP contribution is -2.11. The van der Waals surface area contributed by atoms with Crippen LogP contribution in [0.5, 0.6) is 5.75 Å². The Morgan fingerprint density at radius 3 is 2.12 bits per heavy atom. The molecular formula is C11H13NO3S2. The molecule has 0 saturated carbocycles. The topological polar surface area (TPSA) is 56.3 Å². The maximum atomic E-state index is 11.1. The van der Waals surface area contributed by atoms with Gasteiger partial charge in [0, 0.05) is 12.1 Å². The summed E-state index contributed by atoms with van der Waals surface area (Å²) in [5, 5.41) is -1.04. The summed E-state index contributed by atoms with van der Waals surface area (Å²) in [6.45, 7) is 3.87. The van der Waals surface area contributed by atoms with Crippen LogP contribution in [0.1, 0.15) is 41.2 Å². The third-order valence-corrected chi connectivity index (χ3v) is 2.61. The first-order valence-electron chi connectivity index (χ1n) is 5.09. The average molecular weight is 271 g/mol. The van der Waals surface area contributed by atoms with E-state index in [1.165, 1.54) is 12.1 Å². The van der Waals surface area contributed by atoms with E-state index in [0.29, 0.717) is 5.75 Å². The standard InChI is InChI=1S/C11H13NO3S2/c1-3-6(2)15-7-4-8(10(13)16)12-9(5-7)11(14)17/h4-6H,3H2,1-2H3,(H,13,16)(H,14,17)/t6-/m1/s1. The maximum Gasteiger partial charge on any atom is 0.234 e. The largest absolute Gasteiger partial charge is 0.491 e. The molecule has 0 aliphatic carbocycles. The van der Waals surface area contributed by atoms with E-state index < -0.39 is 10.2 Å². The monoisotopic (exact) mass is 271 g/mol. The summed E-state index contributed by atoms with van der Waals surface area (Å²) in [4.78, 5) is 26.1. The fraction of sp³-hybridized carbons (Fsp3) is 0.364. The number of nitrogens with zero attached hydrogens (tertiary/aromatic N) is 1. The van der Waals surface area contributed by atoms with Gasteiger partial charge in [0.25, 0.3) is 0 Å². The van der Waals surface area contributed by atoms with E-state index in [1.54, 1.807) is 0 Å². The molecule has 0 fully saturated rings. The van der Waals surface area contributed by atoms with E-state index in [9.17, 15) is 9.59 Å². The second-order valence-corrected chi connectivity index (χ2v) is 4.33. The van der Waals surface area contributed by atoms with Crippen molar-refractivity contribution in [2.75, 3.05) is 0 Å². The Morgan fingerprint density at radius 1 is 1.29 bits per heavy atom. The predicted molar refractivity (Wildman–Crippen MR) is 71.3 cm³/mol. The molecular weight excluding hydrogens is 258 g/mol. The smallest absolute Gasteiger partial charge is 0.234 e. The molecule has 0 spiro atoms. The van der Waals surface area contributed by atoms with Gasteiger partial charge in [-0.3, -0.25) is 9.59 Å². The Balaban J connectivity index is 3.12. The number of thiol groups is 2. The van der Waals surface area contributed by atoms with Gasteiger partial charge in [-0.2, -0.15) is 0 Å². The maximum absolute atomic E-state index is 11.1. The minimum atomic E-state index is -0.518. The molecule has 1 aromatic heterocycles. The third-order valence-electron chi connectivity index (χ3n) is 2.15. The van der Waals surface area contributed by atoms with Gasteiger partial charge in [-0.1, -0.05) is 32.2 Å². The van der Waals surface area contributed by atoms with Gasteiger partial charge in [0.1, 0.15) is 17.1 Å². The van der Waals surface area contributed by atoms with Crippen molar-refractivity contribution in [2.45, 2.75) is 26.4 Å². The molecule has 17 heavy (non-hydrogen) atoms. The van der Waals surface area contributed by atoms with Gasteiger partial charge in [-0.25, -0.2) is 4.98 Å². The summed E-state index contributed by atoms with van der Waals surface area (Å²) in [5.74, 6) is 0.421. The van der Waals surface area contributed by atoms with E-state index in [0.717, 1.165) is 6.42 Å².